The molecule has 6 nitrogen and oxygen atoms in total. The van der Waals surface area contributed by atoms with Crippen molar-refractivity contribution in [2.45, 2.75) is 6.54 Å². The first-order valence-corrected chi connectivity index (χ1v) is 9.84. The first kappa shape index (κ1) is 21.2. The highest BCUT2D eigenvalue weighted by molar-refractivity contribution is 14.1. The van der Waals surface area contributed by atoms with Gasteiger partial charge in [-0.25, -0.2) is 4.79 Å². The van der Waals surface area contributed by atoms with Crippen molar-refractivity contribution >= 4 is 63.1 Å². The van der Waals surface area contributed by atoms with Gasteiger partial charge in [0.15, 0.2) is 6.61 Å². The molecule has 2 aromatic rings. The van der Waals surface area contributed by atoms with E-state index in [0.717, 1.165) is 5.56 Å². The molecule has 0 spiro atoms. The fourth-order valence-corrected chi connectivity index (χ4v) is 4.25. The lowest BCUT2D eigenvalue weighted by atomic mass is 10.1. The Kier molecular flexibility index (Phi) is 8.05. The normalized spacial score (nSPS) is 10.8. The minimum Gasteiger partial charge on any atom is -0.480 e. The number of aliphatic carboxylic acids is 1. The van der Waals surface area contributed by atoms with Crippen LogP contribution in [-0.4, -0.2) is 23.6 Å². The third-order valence-electron chi connectivity index (χ3n) is 3.33. The fourth-order valence-electron chi connectivity index (χ4n) is 2.12. The van der Waals surface area contributed by atoms with Gasteiger partial charge in [-0.15, -0.1) is 0 Å². The molecule has 0 saturated carbocycles. The summed E-state index contributed by atoms with van der Waals surface area (Å²) in [5.74, 6) is -1.06. The van der Waals surface area contributed by atoms with E-state index in [0.29, 0.717) is 25.0 Å². The van der Waals surface area contributed by atoms with E-state index in [-0.39, 0.29) is 5.57 Å². The molecule has 2 aromatic carbocycles. The molecule has 8 heteroatoms. The number of carbonyl (C=O) groups excluding carboxylic acids is 1. The van der Waals surface area contributed by atoms with Gasteiger partial charge in [0.2, 0.25) is 0 Å². The Morgan fingerprint density at radius 2 is 1.81 bits per heavy atom. The summed E-state index contributed by atoms with van der Waals surface area (Å²) in [5, 5.41) is 20.8. The van der Waals surface area contributed by atoms with Gasteiger partial charge < -0.3 is 15.2 Å². The molecule has 138 valence electrons. The highest BCUT2D eigenvalue weighted by atomic mass is 127. The predicted octanol–water partition coefficient (Wildman–Crippen LogP) is 3.58. The summed E-state index contributed by atoms with van der Waals surface area (Å²) >= 11 is 4.05. The first-order valence-electron chi connectivity index (χ1n) is 7.68. The lowest BCUT2D eigenvalue weighted by molar-refractivity contribution is -0.139. The van der Waals surface area contributed by atoms with Crippen LogP contribution in [-0.2, 0) is 16.1 Å². The smallest absolute Gasteiger partial charge is 0.341 e. The Morgan fingerprint density at radius 1 is 1.19 bits per heavy atom. The molecule has 0 fully saturated rings. The number of halogens is 2. The van der Waals surface area contributed by atoms with Crippen molar-refractivity contribution in [1.29, 1.82) is 5.26 Å². The number of amides is 1. The number of nitrogens with zero attached hydrogens (tertiary/aromatic N) is 1. The van der Waals surface area contributed by atoms with Crippen LogP contribution < -0.4 is 10.1 Å². The number of carboxylic acids is 1. The van der Waals surface area contributed by atoms with E-state index < -0.39 is 18.5 Å². The van der Waals surface area contributed by atoms with Gasteiger partial charge in [0, 0.05) is 6.54 Å². The summed E-state index contributed by atoms with van der Waals surface area (Å²) in [6, 6.07) is 14.8. The molecule has 27 heavy (non-hydrogen) atoms. The van der Waals surface area contributed by atoms with Gasteiger partial charge in [0.1, 0.15) is 17.4 Å². The Morgan fingerprint density at radius 3 is 2.37 bits per heavy atom. The average molecular weight is 588 g/mol. The Hall–Kier alpha value is -2.13. The van der Waals surface area contributed by atoms with E-state index in [1.165, 1.54) is 6.08 Å². The van der Waals surface area contributed by atoms with Crippen LogP contribution in [0.4, 0.5) is 0 Å². The maximum atomic E-state index is 12.3. The molecule has 0 heterocycles. The van der Waals surface area contributed by atoms with Gasteiger partial charge in [-0.1, -0.05) is 30.3 Å². The van der Waals surface area contributed by atoms with Crippen molar-refractivity contribution in [3.63, 3.8) is 0 Å². The Balaban J connectivity index is 2.15. The van der Waals surface area contributed by atoms with E-state index in [4.69, 9.17) is 9.84 Å². The number of carbonyl (C=O) groups is 2. The third-order valence-corrected chi connectivity index (χ3v) is 4.94. The van der Waals surface area contributed by atoms with Gasteiger partial charge >= 0.3 is 5.97 Å². The zero-order chi connectivity index (χ0) is 19.8. The number of nitrogens with one attached hydrogen (secondary N) is 1. The van der Waals surface area contributed by atoms with Crippen LogP contribution >= 0.6 is 45.2 Å². The summed E-state index contributed by atoms with van der Waals surface area (Å²) in [6.07, 6.45) is 1.49. The number of carboxylic acid groups (broad SMARTS) is 1. The molecule has 0 unspecified atom stereocenters. The quantitative estimate of drug-likeness (QED) is 0.293. The second-order valence-electron chi connectivity index (χ2n) is 5.33. The van der Waals surface area contributed by atoms with Gasteiger partial charge in [0.05, 0.1) is 7.14 Å². The summed E-state index contributed by atoms with van der Waals surface area (Å²) in [7, 11) is 0. The molecule has 0 radical (unpaired) electrons. The van der Waals surface area contributed by atoms with Gasteiger partial charge in [-0.3, -0.25) is 4.79 Å². The van der Waals surface area contributed by atoms with E-state index >= 15 is 0 Å². The number of nitriles is 1. The first-order chi connectivity index (χ1) is 12.9. The van der Waals surface area contributed by atoms with Crippen LogP contribution in [0, 0.1) is 18.5 Å². The highest BCUT2D eigenvalue weighted by Crippen LogP contribution is 2.29. The number of rotatable bonds is 7. The van der Waals surface area contributed by atoms with Crippen LogP contribution in [0.15, 0.2) is 48.0 Å². The zero-order valence-electron chi connectivity index (χ0n) is 13.9. The molecule has 0 bridgehead atoms. The molecule has 0 aliphatic carbocycles. The predicted molar refractivity (Wildman–Crippen MR) is 117 cm³/mol. The van der Waals surface area contributed by atoms with E-state index in [2.05, 4.69) is 5.32 Å². The summed E-state index contributed by atoms with van der Waals surface area (Å²) in [6.45, 7) is -0.109. The van der Waals surface area contributed by atoms with Crippen molar-refractivity contribution in [2.75, 3.05) is 6.61 Å². The number of hydrogen-bond acceptors (Lipinski definition) is 4. The SMILES string of the molecule is N#C/C(=C/c1cc(I)c(OCC(=O)O)c(I)c1)C(=O)NCc1ccccc1. The monoisotopic (exact) mass is 588 g/mol. The number of hydrogen-bond donors (Lipinski definition) is 2. The van der Waals surface area contributed by atoms with Crippen LogP contribution in [0.25, 0.3) is 6.08 Å². The van der Waals surface area contributed by atoms with Crippen molar-refractivity contribution < 1.29 is 19.4 Å². The van der Waals surface area contributed by atoms with Crippen molar-refractivity contribution in [2.24, 2.45) is 0 Å². The van der Waals surface area contributed by atoms with Crippen LogP contribution in [0.5, 0.6) is 5.75 Å². The standard InChI is InChI=1S/C19H14I2N2O4/c20-15-7-13(8-16(21)18(15)27-11-17(24)25)6-14(9-22)19(26)23-10-12-4-2-1-3-5-12/h1-8H,10-11H2,(H,23,26)(H,24,25)/b14-6-. The van der Waals surface area contributed by atoms with Crippen molar-refractivity contribution in [3.8, 4) is 11.8 Å². The zero-order valence-corrected chi connectivity index (χ0v) is 18.2. The maximum absolute atomic E-state index is 12.3. The van der Waals surface area contributed by atoms with E-state index in [9.17, 15) is 14.9 Å². The average Bonchev–Trinajstić information content (AvgIpc) is 2.64. The Bertz CT molecular complexity index is 898. The number of ether oxygens (including phenoxy) is 1. The molecular weight excluding hydrogens is 574 g/mol. The second-order valence-corrected chi connectivity index (χ2v) is 7.66. The van der Waals surface area contributed by atoms with Crippen molar-refractivity contribution in [1.82, 2.24) is 5.32 Å². The molecule has 2 rings (SSSR count). The van der Waals surface area contributed by atoms with Crippen LogP contribution in [0.1, 0.15) is 11.1 Å². The van der Waals surface area contributed by atoms with E-state index in [1.807, 2.05) is 81.6 Å². The highest BCUT2D eigenvalue weighted by Gasteiger charge is 2.13. The molecule has 2 N–H and O–H groups in total. The van der Waals surface area contributed by atoms with Crippen LogP contribution in [0.3, 0.4) is 0 Å². The summed E-state index contributed by atoms with van der Waals surface area (Å²) in [5.41, 5.74) is 1.57. The number of benzene rings is 2. The van der Waals surface area contributed by atoms with E-state index in [1.54, 1.807) is 12.1 Å². The third kappa shape index (κ3) is 6.51. The topological polar surface area (TPSA) is 99.4 Å². The van der Waals surface area contributed by atoms with Gasteiger partial charge in [-0.2, -0.15) is 5.26 Å². The van der Waals surface area contributed by atoms with Crippen LogP contribution in [0.2, 0.25) is 0 Å². The molecule has 1 amide bonds. The fraction of sp³-hybridized carbons (Fsp3) is 0.105. The molecular formula is C19H14I2N2O4. The second kappa shape index (κ2) is 10.3. The van der Waals surface area contributed by atoms with Gasteiger partial charge in [0.25, 0.3) is 5.91 Å². The minimum atomic E-state index is -1.06. The maximum Gasteiger partial charge on any atom is 0.341 e. The molecule has 0 aliphatic rings. The van der Waals surface area contributed by atoms with Crippen molar-refractivity contribution in [3.05, 3.63) is 66.3 Å². The summed E-state index contributed by atoms with van der Waals surface area (Å²) in [4.78, 5) is 22.9. The molecule has 0 aliphatic heterocycles. The van der Waals surface area contributed by atoms with Gasteiger partial charge in [-0.05, 0) is 74.5 Å². The Labute approximate surface area is 183 Å². The lowest BCUT2D eigenvalue weighted by Gasteiger charge is -2.10. The molecule has 0 atom stereocenters. The summed E-state index contributed by atoms with van der Waals surface area (Å²) < 4.78 is 6.65. The minimum absolute atomic E-state index is 0.0169. The largest absolute Gasteiger partial charge is 0.480 e. The lowest BCUT2D eigenvalue weighted by Crippen LogP contribution is -2.23. The molecule has 0 aromatic heterocycles. The molecule has 0 saturated heterocycles.